The topological polar surface area (TPSA) is 66.8 Å². The summed E-state index contributed by atoms with van der Waals surface area (Å²) in [6, 6.07) is 0. The first kappa shape index (κ1) is 13.3. The van der Waals surface area contributed by atoms with E-state index in [2.05, 4.69) is 0 Å². The van der Waals surface area contributed by atoms with Crippen molar-refractivity contribution < 1.29 is 19.7 Å². The maximum absolute atomic E-state index is 11.5. The van der Waals surface area contributed by atoms with E-state index in [1.165, 1.54) is 0 Å². The predicted octanol–water partition coefficient (Wildman–Crippen LogP) is 1.68. The van der Waals surface area contributed by atoms with Gasteiger partial charge in [0, 0.05) is 18.1 Å². The molecular formula is C14H20O4. The zero-order valence-electron chi connectivity index (χ0n) is 10.7. The fourth-order valence-electron chi connectivity index (χ4n) is 2.51. The Balaban J connectivity index is 2.41. The number of carbonyl (C=O) groups is 1. The van der Waals surface area contributed by atoms with Gasteiger partial charge in [-0.05, 0) is 31.3 Å². The second-order valence-electron chi connectivity index (χ2n) is 5.04. The summed E-state index contributed by atoms with van der Waals surface area (Å²) >= 11 is 0. The van der Waals surface area contributed by atoms with E-state index in [0.29, 0.717) is 5.76 Å². The molecule has 1 heterocycles. The Morgan fingerprint density at radius 1 is 1.50 bits per heavy atom. The van der Waals surface area contributed by atoms with E-state index in [4.69, 9.17) is 4.74 Å². The number of aliphatic hydroxyl groups excluding tert-OH is 2. The van der Waals surface area contributed by atoms with Crippen LogP contribution in [0.2, 0.25) is 0 Å². The first-order valence-corrected chi connectivity index (χ1v) is 6.56. The first-order chi connectivity index (χ1) is 8.63. The van der Waals surface area contributed by atoms with Crippen LogP contribution in [-0.4, -0.2) is 28.9 Å². The number of rotatable bonds is 2. The number of hydrogen-bond acceptors (Lipinski definition) is 4. The molecule has 100 valence electrons. The Kier molecular flexibility index (Phi) is 4.19. The number of allylic oxidation sites excluding steroid dienone is 2. The summed E-state index contributed by atoms with van der Waals surface area (Å²) < 4.78 is 5.33. The number of carbonyl (C=O) groups excluding carboxylic acids is 1. The molecule has 0 fully saturated rings. The standard InChI is InChI=1S/C14H20O4/c1-9(8-15)10-5-3-2-4-6-11-12(16)7-13(17)18-14(10)11/h5,9,12,15-16H,2-4,6-8H2,1H3/b10-5-. The fraction of sp³-hybridized carbons (Fsp3) is 0.643. The molecule has 1 aliphatic heterocycles. The van der Waals surface area contributed by atoms with Gasteiger partial charge >= 0.3 is 5.97 Å². The molecule has 1 aliphatic carbocycles. The Bertz CT molecular complexity index is 395. The smallest absolute Gasteiger partial charge is 0.314 e. The van der Waals surface area contributed by atoms with Crippen LogP contribution >= 0.6 is 0 Å². The third-order valence-corrected chi connectivity index (χ3v) is 3.60. The Morgan fingerprint density at radius 2 is 2.28 bits per heavy atom. The van der Waals surface area contributed by atoms with Crippen LogP contribution in [0.15, 0.2) is 23.0 Å². The van der Waals surface area contributed by atoms with Crippen molar-refractivity contribution in [1.29, 1.82) is 0 Å². The van der Waals surface area contributed by atoms with Gasteiger partial charge in [0.1, 0.15) is 5.76 Å². The van der Waals surface area contributed by atoms with Gasteiger partial charge in [0.15, 0.2) is 0 Å². The van der Waals surface area contributed by atoms with Gasteiger partial charge in [0.2, 0.25) is 0 Å². The van der Waals surface area contributed by atoms with Crippen LogP contribution in [0.4, 0.5) is 0 Å². The van der Waals surface area contributed by atoms with Gasteiger partial charge in [-0.2, -0.15) is 0 Å². The molecule has 0 spiro atoms. The van der Waals surface area contributed by atoms with Crippen LogP contribution in [0.1, 0.15) is 39.0 Å². The van der Waals surface area contributed by atoms with Gasteiger partial charge in [-0.25, -0.2) is 0 Å². The summed E-state index contributed by atoms with van der Waals surface area (Å²) in [5, 5.41) is 19.3. The van der Waals surface area contributed by atoms with E-state index in [9.17, 15) is 15.0 Å². The Morgan fingerprint density at radius 3 is 3.00 bits per heavy atom. The summed E-state index contributed by atoms with van der Waals surface area (Å²) in [6.45, 7) is 1.91. The molecule has 0 bridgehead atoms. The average molecular weight is 252 g/mol. The van der Waals surface area contributed by atoms with Gasteiger partial charge in [0.25, 0.3) is 0 Å². The lowest BCUT2D eigenvalue weighted by Gasteiger charge is -2.29. The highest BCUT2D eigenvalue weighted by atomic mass is 16.5. The molecule has 0 amide bonds. The molecule has 4 heteroatoms. The SMILES string of the molecule is CC(CO)/C1=C/CCCCC2=C1OC(=O)CC2O. The van der Waals surface area contributed by atoms with Crippen LogP contribution < -0.4 is 0 Å². The molecule has 0 saturated carbocycles. The second kappa shape index (κ2) is 5.67. The zero-order chi connectivity index (χ0) is 13.1. The fourth-order valence-corrected chi connectivity index (χ4v) is 2.51. The second-order valence-corrected chi connectivity index (χ2v) is 5.04. The third kappa shape index (κ3) is 2.65. The Hall–Kier alpha value is -1.13. The normalized spacial score (nSPS) is 29.6. The minimum Gasteiger partial charge on any atom is -0.426 e. The van der Waals surface area contributed by atoms with Gasteiger partial charge in [-0.1, -0.05) is 13.0 Å². The van der Waals surface area contributed by atoms with Gasteiger partial charge in [0.05, 0.1) is 12.5 Å². The van der Waals surface area contributed by atoms with Gasteiger partial charge in [-0.15, -0.1) is 0 Å². The molecule has 4 nitrogen and oxygen atoms in total. The quantitative estimate of drug-likeness (QED) is 0.734. The summed E-state index contributed by atoms with van der Waals surface area (Å²) in [5.41, 5.74) is 1.68. The summed E-state index contributed by atoms with van der Waals surface area (Å²) in [4.78, 5) is 11.5. The third-order valence-electron chi connectivity index (χ3n) is 3.60. The van der Waals surface area contributed by atoms with E-state index in [1.54, 1.807) is 0 Å². The van der Waals surface area contributed by atoms with Crippen molar-refractivity contribution in [2.75, 3.05) is 6.61 Å². The van der Waals surface area contributed by atoms with Crippen molar-refractivity contribution in [3.05, 3.63) is 23.0 Å². The largest absolute Gasteiger partial charge is 0.426 e. The van der Waals surface area contributed by atoms with Gasteiger partial charge in [-0.3, -0.25) is 4.79 Å². The molecule has 0 saturated heterocycles. The van der Waals surface area contributed by atoms with Gasteiger partial charge < -0.3 is 14.9 Å². The Labute approximate surface area is 107 Å². The molecule has 0 radical (unpaired) electrons. The molecule has 18 heavy (non-hydrogen) atoms. The highest BCUT2D eigenvalue weighted by Gasteiger charge is 2.31. The molecular weight excluding hydrogens is 232 g/mol. The minimum atomic E-state index is -0.728. The molecule has 0 aromatic carbocycles. The molecule has 0 aromatic rings. The summed E-state index contributed by atoms with van der Waals surface area (Å²) in [6.07, 6.45) is 5.07. The van der Waals surface area contributed by atoms with Crippen molar-refractivity contribution in [2.24, 2.45) is 5.92 Å². The highest BCUT2D eigenvalue weighted by molar-refractivity contribution is 5.74. The zero-order valence-corrected chi connectivity index (χ0v) is 10.7. The van der Waals surface area contributed by atoms with Crippen molar-refractivity contribution in [3.8, 4) is 0 Å². The monoisotopic (exact) mass is 252 g/mol. The lowest BCUT2D eigenvalue weighted by molar-refractivity contribution is -0.143. The van der Waals surface area contributed by atoms with Crippen molar-refractivity contribution in [2.45, 2.75) is 45.1 Å². The maximum Gasteiger partial charge on any atom is 0.314 e. The van der Waals surface area contributed by atoms with Crippen molar-refractivity contribution in [3.63, 3.8) is 0 Å². The molecule has 0 aromatic heterocycles. The number of aliphatic hydroxyl groups is 2. The van der Waals surface area contributed by atoms with Crippen LogP contribution in [-0.2, 0) is 9.53 Å². The minimum absolute atomic E-state index is 0.0102. The molecule has 2 atom stereocenters. The number of esters is 1. The van der Waals surface area contributed by atoms with Crippen LogP contribution in [0.5, 0.6) is 0 Å². The summed E-state index contributed by atoms with van der Waals surface area (Å²) in [7, 11) is 0. The first-order valence-electron chi connectivity index (χ1n) is 6.56. The molecule has 2 N–H and O–H groups in total. The average Bonchev–Trinajstić information content (AvgIpc) is 2.31. The van der Waals surface area contributed by atoms with E-state index >= 15 is 0 Å². The molecule has 2 unspecified atom stereocenters. The predicted molar refractivity (Wildman–Crippen MR) is 66.5 cm³/mol. The highest BCUT2D eigenvalue weighted by Crippen LogP contribution is 2.34. The van der Waals surface area contributed by atoms with Crippen LogP contribution in [0.25, 0.3) is 0 Å². The van der Waals surface area contributed by atoms with E-state index < -0.39 is 12.1 Å². The summed E-state index contributed by atoms with van der Waals surface area (Å²) in [5.74, 6) is 0.0454. The van der Waals surface area contributed by atoms with E-state index in [0.717, 1.165) is 36.8 Å². The lowest BCUT2D eigenvalue weighted by atomic mass is 9.87. The van der Waals surface area contributed by atoms with E-state index in [1.807, 2.05) is 13.0 Å². The molecule has 2 rings (SSSR count). The van der Waals surface area contributed by atoms with Crippen molar-refractivity contribution in [1.82, 2.24) is 0 Å². The number of ether oxygens (including phenoxy) is 1. The van der Waals surface area contributed by atoms with Crippen LogP contribution in [0.3, 0.4) is 0 Å². The van der Waals surface area contributed by atoms with E-state index in [-0.39, 0.29) is 18.9 Å². The number of hydrogen-bond donors (Lipinski definition) is 2. The van der Waals surface area contributed by atoms with Crippen LogP contribution in [0, 0.1) is 5.92 Å². The lowest BCUT2D eigenvalue weighted by Crippen LogP contribution is -2.28. The molecule has 2 aliphatic rings. The maximum atomic E-state index is 11.5. The van der Waals surface area contributed by atoms with Crippen molar-refractivity contribution >= 4 is 5.97 Å².